The van der Waals surface area contributed by atoms with Crippen molar-refractivity contribution in [3.63, 3.8) is 0 Å². The molecule has 9 nitrogen and oxygen atoms in total. The molecule has 0 bridgehead atoms. The second-order valence-electron chi connectivity index (χ2n) is 9.36. The third-order valence-corrected chi connectivity index (χ3v) is 6.87. The van der Waals surface area contributed by atoms with Gasteiger partial charge in [0.05, 0.1) is 17.1 Å². The van der Waals surface area contributed by atoms with Crippen LogP contribution >= 0.6 is 11.6 Å². The molecule has 0 spiro atoms. The number of likely N-dealkylation sites (N-methyl/N-ethyl adjacent to an activating group) is 2. The van der Waals surface area contributed by atoms with Gasteiger partial charge >= 0.3 is 6.18 Å². The lowest BCUT2D eigenvalue weighted by Gasteiger charge is -2.34. The van der Waals surface area contributed by atoms with Crippen LogP contribution in [0.4, 0.5) is 30.4 Å². The number of ether oxygens (including phenoxy) is 2. The maximum atomic E-state index is 13.7. The van der Waals surface area contributed by atoms with E-state index in [1.807, 2.05) is 23.9 Å². The van der Waals surface area contributed by atoms with Crippen molar-refractivity contribution in [1.29, 1.82) is 0 Å². The summed E-state index contributed by atoms with van der Waals surface area (Å²) in [5.74, 6) is 0.528. The molecule has 13 heteroatoms. The number of aromatic nitrogens is 2. The minimum absolute atomic E-state index is 0.0301. The van der Waals surface area contributed by atoms with Gasteiger partial charge in [-0.2, -0.15) is 18.2 Å². The van der Waals surface area contributed by atoms with Crippen molar-refractivity contribution in [3.05, 3.63) is 58.9 Å². The van der Waals surface area contributed by atoms with Crippen LogP contribution in [0.15, 0.2) is 42.7 Å². The number of nitrogens with one attached hydrogen (secondary N) is 1. The maximum Gasteiger partial charge on any atom is 0.416 e. The molecule has 39 heavy (non-hydrogen) atoms. The average Bonchev–Trinajstić information content (AvgIpc) is 2.90. The highest BCUT2D eigenvalue weighted by molar-refractivity contribution is 6.32. The normalized spacial score (nSPS) is 15.9. The van der Waals surface area contributed by atoms with E-state index in [1.165, 1.54) is 24.5 Å². The van der Waals surface area contributed by atoms with Crippen molar-refractivity contribution in [2.45, 2.75) is 6.18 Å². The number of halogens is 4. The van der Waals surface area contributed by atoms with Crippen molar-refractivity contribution in [1.82, 2.24) is 14.9 Å². The molecule has 0 atom stereocenters. The van der Waals surface area contributed by atoms with E-state index in [2.05, 4.69) is 20.2 Å². The van der Waals surface area contributed by atoms with Crippen molar-refractivity contribution in [2.75, 3.05) is 68.5 Å². The van der Waals surface area contributed by atoms with Gasteiger partial charge in [-0.15, -0.1) is 0 Å². The van der Waals surface area contributed by atoms with Crippen LogP contribution in [0.1, 0.15) is 15.9 Å². The molecule has 1 aromatic heterocycles. The van der Waals surface area contributed by atoms with Crippen LogP contribution in [0.3, 0.4) is 0 Å². The predicted molar refractivity (Wildman–Crippen MR) is 141 cm³/mol. The number of carbonyl (C=O) groups is 1. The zero-order chi connectivity index (χ0) is 27.7. The summed E-state index contributed by atoms with van der Waals surface area (Å²) in [6.45, 7) is 3.66. The molecule has 5 rings (SSSR count). The summed E-state index contributed by atoms with van der Waals surface area (Å²) in [5.41, 5.74) is -0.281. The van der Waals surface area contributed by atoms with Gasteiger partial charge in [-0.1, -0.05) is 11.6 Å². The van der Waals surface area contributed by atoms with Gasteiger partial charge in [0.1, 0.15) is 18.7 Å². The number of amides is 1. The fraction of sp³-hybridized carbons (Fsp3) is 0.346. The molecule has 3 heterocycles. The first-order valence-corrected chi connectivity index (χ1v) is 12.6. The number of anilines is 3. The molecule has 206 valence electrons. The van der Waals surface area contributed by atoms with E-state index in [1.54, 1.807) is 6.07 Å². The second-order valence-corrected chi connectivity index (χ2v) is 9.77. The van der Waals surface area contributed by atoms with Gasteiger partial charge in [0.2, 0.25) is 5.75 Å². The molecule has 1 N–H and O–H groups in total. The Balaban J connectivity index is 1.40. The summed E-state index contributed by atoms with van der Waals surface area (Å²) in [4.78, 5) is 27.4. The molecule has 2 aromatic carbocycles. The lowest BCUT2D eigenvalue weighted by atomic mass is 10.1. The molecule has 1 amide bonds. The Morgan fingerprint density at radius 3 is 2.56 bits per heavy atom. The highest BCUT2D eigenvalue weighted by atomic mass is 35.5. The molecule has 0 radical (unpaired) electrons. The third-order valence-electron chi connectivity index (χ3n) is 6.56. The number of nitrogens with zero attached hydrogens (tertiary/aromatic N) is 5. The second kappa shape index (κ2) is 10.8. The Morgan fingerprint density at radius 2 is 1.82 bits per heavy atom. The molecule has 0 aliphatic carbocycles. The topological polar surface area (TPSA) is 83.1 Å². The first kappa shape index (κ1) is 26.8. The Bertz CT molecular complexity index is 1380. The Kier molecular flexibility index (Phi) is 7.41. The standard InChI is InChI=1S/C26H26ClF3N6O3/c1-34-5-7-36(8-6-34)19-13-17(26(28,29)30)12-18(14-19)33-24(37)16-3-4-20(27)21(11-16)39-25-22-23(31-15-32-25)35(2)9-10-38-22/h3-4,11-15H,5-10H2,1-2H3,(H,33,37). The van der Waals surface area contributed by atoms with Crippen LogP contribution in [0, 0.1) is 0 Å². The molecule has 1 fully saturated rings. The highest BCUT2D eigenvalue weighted by Crippen LogP contribution is 2.40. The number of benzene rings is 2. The molecule has 1 saturated heterocycles. The van der Waals surface area contributed by atoms with Crippen LogP contribution < -0.4 is 24.6 Å². The number of rotatable bonds is 5. The number of fused-ring (bicyclic) bond motifs is 1. The number of hydrogen-bond donors (Lipinski definition) is 1. The van der Waals surface area contributed by atoms with Gasteiger partial charge in [-0.05, 0) is 43.4 Å². The number of piperazine rings is 1. The summed E-state index contributed by atoms with van der Waals surface area (Å²) in [5, 5.41) is 2.80. The lowest BCUT2D eigenvalue weighted by Crippen LogP contribution is -2.44. The quantitative estimate of drug-likeness (QED) is 0.476. The van der Waals surface area contributed by atoms with Gasteiger partial charge in [0.25, 0.3) is 11.8 Å². The zero-order valence-corrected chi connectivity index (χ0v) is 22.0. The molecular formula is C26H26ClF3N6O3. The molecule has 3 aromatic rings. The summed E-state index contributed by atoms with van der Waals surface area (Å²) in [6.07, 6.45) is -3.24. The first-order chi connectivity index (χ1) is 18.6. The molecular weight excluding hydrogens is 537 g/mol. The molecule has 2 aliphatic heterocycles. The minimum atomic E-state index is -4.57. The summed E-state index contributed by atoms with van der Waals surface area (Å²) >= 11 is 6.33. The smallest absolute Gasteiger partial charge is 0.416 e. The third kappa shape index (κ3) is 5.96. The first-order valence-electron chi connectivity index (χ1n) is 12.2. The minimum Gasteiger partial charge on any atom is -0.483 e. The lowest BCUT2D eigenvalue weighted by molar-refractivity contribution is -0.137. The van der Waals surface area contributed by atoms with E-state index in [0.717, 1.165) is 25.2 Å². The van der Waals surface area contributed by atoms with Gasteiger partial charge in [0, 0.05) is 50.2 Å². The summed E-state index contributed by atoms with van der Waals surface area (Å²) in [7, 11) is 3.82. The SMILES string of the molecule is CN1CCN(c2cc(NC(=O)c3ccc(Cl)c(Oc4ncnc5c4OCCN5C)c3)cc(C(F)(F)F)c2)CC1. The van der Waals surface area contributed by atoms with Gasteiger partial charge in [-0.3, -0.25) is 4.79 Å². The fourth-order valence-corrected chi connectivity index (χ4v) is 4.49. The Hall–Kier alpha value is -3.77. The van der Waals surface area contributed by atoms with E-state index in [9.17, 15) is 18.0 Å². The summed E-state index contributed by atoms with van der Waals surface area (Å²) in [6, 6.07) is 7.90. The van der Waals surface area contributed by atoms with Gasteiger partial charge < -0.3 is 29.5 Å². The van der Waals surface area contributed by atoms with Crippen LogP contribution in [-0.2, 0) is 6.18 Å². The zero-order valence-electron chi connectivity index (χ0n) is 21.3. The van der Waals surface area contributed by atoms with E-state index in [0.29, 0.717) is 43.5 Å². The largest absolute Gasteiger partial charge is 0.483 e. The monoisotopic (exact) mass is 562 g/mol. The van der Waals surface area contributed by atoms with E-state index >= 15 is 0 Å². The van der Waals surface area contributed by atoms with Crippen LogP contribution in [0.25, 0.3) is 0 Å². The Morgan fingerprint density at radius 1 is 1.05 bits per heavy atom. The Labute approximate surface area is 228 Å². The molecule has 2 aliphatic rings. The molecule has 0 unspecified atom stereocenters. The highest BCUT2D eigenvalue weighted by Gasteiger charge is 2.32. The van der Waals surface area contributed by atoms with Crippen molar-refractivity contribution >= 4 is 34.7 Å². The summed E-state index contributed by atoms with van der Waals surface area (Å²) < 4.78 is 52.7. The number of alkyl halides is 3. The van der Waals surface area contributed by atoms with Crippen LogP contribution in [-0.4, -0.2) is 74.2 Å². The van der Waals surface area contributed by atoms with Crippen molar-refractivity contribution in [3.8, 4) is 17.4 Å². The van der Waals surface area contributed by atoms with E-state index in [4.69, 9.17) is 21.1 Å². The number of carbonyl (C=O) groups excluding carboxylic acids is 1. The van der Waals surface area contributed by atoms with Crippen LogP contribution in [0.2, 0.25) is 5.02 Å². The fourth-order valence-electron chi connectivity index (χ4n) is 4.33. The average molecular weight is 563 g/mol. The van der Waals surface area contributed by atoms with E-state index < -0.39 is 17.6 Å². The number of hydrogen-bond acceptors (Lipinski definition) is 8. The van der Waals surface area contributed by atoms with E-state index in [-0.39, 0.29) is 27.9 Å². The predicted octanol–water partition coefficient (Wildman–Crippen LogP) is 4.77. The maximum absolute atomic E-state index is 13.7. The van der Waals surface area contributed by atoms with Gasteiger partial charge in [0.15, 0.2) is 5.82 Å². The van der Waals surface area contributed by atoms with Crippen LogP contribution in [0.5, 0.6) is 17.4 Å². The van der Waals surface area contributed by atoms with Crippen molar-refractivity contribution < 1.29 is 27.4 Å². The van der Waals surface area contributed by atoms with Crippen molar-refractivity contribution in [2.24, 2.45) is 0 Å². The molecule has 0 saturated carbocycles. The van der Waals surface area contributed by atoms with Gasteiger partial charge in [-0.25, -0.2) is 4.98 Å².